The molecule has 0 unspecified atom stereocenters. The fourth-order valence-corrected chi connectivity index (χ4v) is 2.03. The van der Waals surface area contributed by atoms with Crippen molar-refractivity contribution >= 4 is 33.6 Å². The van der Waals surface area contributed by atoms with Crippen molar-refractivity contribution in [2.45, 2.75) is 26.2 Å². The number of imide groups is 1. The van der Waals surface area contributed by atoms with E-state index in [-0.39, 0.29) is 5.41 Å². The number of amides is 3. The summed E-state index contributed by atoms with van der Waals surface area (Å²) in [5.74, 6) is -0.555. The molecule has 0 fully saturated rings. The Morgan fingerprint density at radius 2 is 1.90 bits per heavy atom. The zero-order chi connectivity index (χ0) is 16.0. The molecule has 0 aliphatic carbocycles. The van der Waals surface area contributed by atoms with Crippen LogP contribution in [0.25, 0.3) is 0 Å². The number of urea groups is 1. The lowest BCUT2D eigenvalue weighted by Crippen LogP contribution is -2.33. The summed E-state index contributed by atoms with van der Waals surface area (Å²) in [6.07, 6.45) is 2.32. The molecule has 0 heterocycles. The fraction of sp³-hybridized carbons (Fsp3) is 0.333. The number of ether oxygens (including phenoxy) is 1. The van der Waals surface area contributed by atoms with Gasteiger partial charge in [-0.3, -0.25) is 10.1 Å². The van der Waals surface area contributed by atoms with E-state index in [9.17, 15) is 9.59 Å². The second-order valence-corrected chi connectivity index (χ2v) is 6.38. The molecule has 0 aliphatic heterocycles. The van der Waals surface area contributed by atoms with E-state index >= 15 is 0 Å². The average Bonchev–Trinajstić information content (AvgIpc) is 2.34. The van der Waals surface area contributed by atoms with E-state index in [1.54, 1.807) is 6.07 Å². The highest BCUT2D eigenvalue weighted by molar-refractivity contribution is 9.10. The van der Waals surface area contributed by atoms with Gasteiger partial charge in [0.2, 0.25) is 0 Å². The molecule has 0 spiro atoms. The van der Waals surface area contributed by atoms with Gasteiger partial charge in [0.05, 0.1) is 13.4 Å². The maximum atomic E-state index is 11.7. The Morgan fingerprint density at radius 3 is 2.48 bits per heavy atom. The number of nitrogens with one attached hydrogen (secondary N) is 2. The van der Waals surface area contributed by atoms with E-state index < -0.39 is 11.9 Å². The maximum Gasteiger partial charge on any atom is 0.326 e. The highest BCUT2D eigenvalue weighted by Gasteiger charge is 2.15. The summed E-state index contributed by atoms with van der Waals surface area (Å²) in [5, 5.41) is 4.80. The summed E-state index contributed by atoms with van der Waals surface area (Å²) in [4.78, 5) is 23.1. The number of rotatable bonds is 3. The SMILES string of the molecule is COC=CC(=O)NC(=O)Nc1cc(Br)cc(C(C)(C)C)c1. The molecule has 0 aromatic heterocycles. The van der Waals surface area contributed by atoms with Crippen LogP contribution in [0.2, 0.25) is 0 Å². The Labute approximate surface area is 132 Å². The molecule has 21 heavy (non-hydrogen) atoms. The number of carbonyl (C=O) groups excluding carboxylic acids is 2. The molecule has 1 aromatic carbocycles. The molecule has 1 aromatic rings. The first kappa shape index (κ1) is 17.2. The van der Waals surface area contributed by atoms with Crippen LogP contribution in [0.5, 0.6) is 0 Å². The van der Waals surface area contributed by atoms with Crippen molar-refractivity contribution in [2.24, 2.45) is 0 Å². The summed E-state index contributed by atoms with van der Waals surface area (Å²) in [6.45, 7) is 6.24. The largest absolute Gasteiger partial charge is 0.504 e. The smallest absolute Gasteiger partial charge is 0.326 e. The van der Waals surface area contributed by atoms with Crippen LogP contribution < -0.4 is 10.6 Å². The number of methoxy groups -OCH3 is 1. The summed E-state index contributed by atoms with van der Waals surface area (Å²) >= 11 is 3.41. The minimum absolute atomic E-state index is 0.0479. The maximum absolute atomic E-state index is 11.7. The molecule has 0 atom stereocenters. The topological polar surface area (TPSA) is 67.4 Å². The van der Waals surface area contributed by atoms with Crippen LogP contribution in [0.15, 0.2) is 35.0 Å². The lowest BCUT2D eigenvalue weighted by Gasteiger charge is -2.20. The molecule has 114 valence electrons. The molecule has 6 heteroatoms. The van der Waals surface area contributed by atoms with Gasteiger partial charge >= 0.3 is 6.03 Å². The predicted molar refractivity (Wildman–Crippen MR) is 86.2 cm³/mol. The van der Waals surface area contributed by atoms with Gasteiger partial charge in [0, 0.05) is 16.2 Å². The van der Waals surface area contributed by atoms with Gasteiger partial charge in [-0.2, -0.15) is 0 Å². The van der Waals surface area contributed by atoms with E-state index in [0.717, 1.165) is 16.1 Å². The van der Waals surface area contributed by atoms with E-state index in [1.165, 1.54) is 13.4 Å². The van der Waals surface area contributed by atoms with Gasteiger partial charge in [0.1, 0.15) is 0 Å². The van der Waals surface area contributed by atoms with Crippen molar-refractivity contribution in [3.63, 3.8) is 0 Å². The molecule has 0 saturated heterocycles. The lowest BCUT2D eigenvalue weighted by atomic mass is 9.87. The first-order chi connectivity index (χ1) is 9.72. The first-order valence-electron chi connectivity index (χ1n) is 6.35. The van der Waals surface area contributed by atoms with Crippen LogP contribution in [-0.4, -0.2) is 19.0 Å². The van der Waals surface area contributed by atoms with Gasteiger partial charge in [0.25, 0.3) is 5.91 Å². The Balaban J connectivity index is 2.79. The van der Waals surface area contributed by atoms with Gasteiger partial charge in [-0.15, -0.1) is 0 Å². The summed E-state index contributed by atoms with van der Waals surface area (Å²) in [7, 11) is 1.42. The van der Waals surface area contributed by atoms with Crippen molar-refractivity contribution < 1.29 is 14.3 Å². The number of carbonyl (C=O) groups is 2. The monoisotopic (exact) mass is 354 g/mol. The number of hydrogen-bond donors (Lipinski definition) is 2. The van der Waals surface area contributed by atoms with Gasteiger partial charge in [-0.25, -0.2) is 4.79 Å². The summed E-state index contributed by atoms with van der Waals surface area (Å²) < 4.78 is 5.46. The van der Waals surface area contributed by atoms with Crippen molar-refractivity contribution in [3.05, 3.63) is 40.6 Å². The number of halogens is 1. The van der Waals surface area contributed by atoms with E-state index in [0.29, 0.717) is 5.69 Å². The molecular formula is C15H19BrN2O3. The third-order valence-corrected chi connectivity index (χ3v) is 3.07. The van der Waals surface area contributed by atoms with E-state index in [2.05, 4.69) is 52.1 Å². The standard InChI is InChI=1S/C15H19BrN2O3/c1-15(2,3)10-7-11(16)9-12(8-10)17-14(20)18-13(19)5-6-21-4/h5-9H,1-4H3,(H2,17,18,19,20). The van der Waals surface area contributed by atoms with Crippen LogP contribution in [0.1, 0.15) is 26.3 Å². The third kappa shape index (κ3) is 5.99. The molecular weight excluding hydrogens is 336 g/mol. The minimum Gasteiger partial charge on any atom is -0.504 e. The molecule has 0 radical (unpaired) electrons. The molecule has 5 nitrogen and oxygen atoms in total. The van der Waals surface area contributed by atoms with Crippen LogP contribution in [0.4, 0.5) is 10.5 Å². The molecule has 0 saturated carbocycles. The van der Waals surface area contributed by atoms with E-state index in [1.807, 2.05) is 12.1 Å². The molecule has 2 N–H and O–H groups in total. The van der Waals surface area contributed by atoms with Gasteiger partial charge in [-0.1, -0.05) is 36.7 Å². The Hall–Kier alpha value is -1.82. The van der Waals surface area contributed by atoms with Crippen molar-refractivity contribution in [3.8, 4) is 0 Å². The number of anilines is 1. The molecule has 1 rings (SSSR count). The zero-order valence-electron chi connectivity index (χ0n) is 12.5. The molecule has 0 aliphatic rings. The second-order valence-electron chi connectivity index (χ2n) is 5.46. The molecule has 3 amide bonds. The lowest BCUT2D eigenvalue weighted by molar-refractivity contribution is -0.115. The van der Waals surface area contributed by atoms with Gasteiger partial charge in [-0.05, 0) is 29.2 Å². The van der Waals surface area contributed by atoms with Crippen LogP contribution >= 0.6 is 15.9 Å². The van der Waals surface area contributed by atoms with Crippen LogP contribution in [-0.2, 0) is 14.9 Å². The van der Waals surface area contributed by atoms with E-state index in [4.69, 9.17) is 0 Å². The quantitative estimate of drug-likeness (QED) is 0.644. The Morgan fingerprint density at radius 1 is 1.24 bits per heavy atom. The highest BCUT2D eigenvalue weighted by atomic mass is 79.9. The van der Waals surface area contributed by atoms with Gasteiger partial charge in [0.15, 0.2) is 0 Å². The number of benzene rings is 1. The second kappa shape index (κ2) is 7.26. The van der Waals surface area contributed by atoms with Crippen molar-refractivity contribution in [1.82, 2.24) is 5.32 Å². The summed E-state index contributed by atoms with van der Waals surface area (Å²) in [6, 6.07) is 5.04. The molecule has 0 bridgehead atoms. The van der Waals surface area contributed by atoms with Crippen LogP contribution in [0, 0.1) is 0 Å². The minimum atomic E-state index is -0.598. The third-order valence-electron chi connectivity index (χ3n) is 2.61. The predicted octanol–water partition coefficient (Wildman–Crippen LogP) is 3.55. The summed E-state index contributed by atoms with van der Waals surface area (Å²) in [5.41, 5.74) is 1.63. The fourth-order valence-electron chi connectivity index (χ4n) is 1.54. The Kier molecular flexibility index (Phi) is 5.96. The average molecular weight is 355 g/mol. The van der Waals surface area contributed by atoms with Crippen LogP contribution in [0.3, 0.4) is 0 Å². The van der Waals surface area contributed by atoms with Crippen molar-refractivity contribution in [1.29, 1.82) is 0 Å². The van der Waals surface area contributed by atoms with Gasteiger partial charge < -0.3 is 10.1 Å². The highest BCUT2D eigenvalue weighted by Crippen LogP contribution is 2.28. The Bertz CT molecular complexity index is 563. The first-order valence-corrected chi connectivity index (χ1v) is 7.14. The number of hydrogen-bond acceptors (Lipinski definition) is 3. The zero-order valence-corrected chi connectivity index (χ0v) is 14.1. The normalized spacial score (nSPS) is 11.3. The van der Waals surface area contributed by atoms with Crippen molar-refractivity contribution in [2.75, 3.05) is 12.4 Å².